The Bertz CT molecular complexity index is 377. The molecule has 0 radical (unpaired) electrons. The van der Waals surface area contributed by atoms with E-state index in [0.717, 1.165) is 25.7 Å². The van der Waals surface area contributed by atoms with Crippen LogP contribution in [0, 0.1) is 13.8 Å². The predicted molar refractivity (Wildman–Crippen MR) is 72.2 cm³/mol. The molecule has 1 aromatic heterocycles. The molecule has 1 aliphatic rings. The number of aromatic nitrogens is 1. The third-order valence-corrected chi connectivity index (χ3v) is 4.01. The van der Waals surface area contributed by atoms with Crippen LogP contribution in [-0.2, 0) is 13.6 Å². The van der Waals surface area contributed by atoms with Crippen molar-refractivity contribution >= 4 is 0 Å². The van der Waals surface area contributed by atoms with E-state index in [4.69, 9.17) is 0 Å². The SMILES string of the molecule is Cc1cc(CNCCN(C)C2CC2)c(C)n1C. The van der Waals surface area contributed by atoms with E-state index in [1.807, 2.05) is 0 Å². The summed E-state index contributed by atoms with van der Waals surface area (Å²) in [5.74, 6) is 0. The smallest absolute Gasteiger partial charge is 0.0223 e. The quantitative estimate of drug-likeness (QED) is 0.759. The standard InChI is InChI=1S/C14H25N3/c1-11-9-13(12(2)17(11)4)10-15-7-8-16(3)14-5-6-14/h9,14-15H,5-8,10H2,1-4H3. The number of likely N-dealkylation sites (N-methyl/N-ethyl adjacent to an activating group) is 1. The van der Waals surface area contributed by atoms with Gasteiger partial charge in [-0.15, -0.1) is 0 Å². The molecule has 0 amide bonds. The molecule has 1 N–H and O–H groups in total. The average Bonchev–Trinajstić information content (AvgIpc) is 3.11. The van der Waals surface area contributed by atoms with Gasteiger partial charge in [-0.3, -0.25) is 0 Å². The van der Waals surface area contributed by atoms with E-state index in [1.165, 1.54) is 29.8 Å². The first-order valence-corrected chi connectivity index (χ1v) is 6.62. The van der Waals surface area contributed by atoms with Crippen LogP contribution >= 0.6 is 0 Å². The van der Waals surface area contributed by atoms with Crippen molar-refractivity contribution in [2.45, 2.75) is 39.3 Å². The zero-order chi connectivity index (χ0) is 12.4. The van der Waals surface area contributed by atoms with Gasteiger partial charge in [0.2, 0.25) is 0 Å². The van der Waals surface area contributed by atoms with E-state index in [0.29, 0.717) is 0 Å². The van der Waals surface area contributed by atoms with Gasteiger partial charge < -0.3 is 14.8 Å². The molecule has 1 aliphatic carbocycles. The summed E-state index contributed by atoms with van der Waals surface area (Å²) in [5.41, 5.74) is 4.15. The van der Waals surface area contributed by atoms with Gasteiger partial charge in [-0.25, -0.2) is 0 Å². The van der Waals surface area contributed by atoms with Gasteiger partial charge in [-0.2, -0.15) is 0 Å². The molecule has 0 aliphatic heterocycles. The minimum atomic E-state index is 0.873. The molecule has 17 heavy (non-hydrogen) atoms. The summed E-state index contributed by atoms with van der Waals surface area (Å²) in [5, 5.41) is 3.54. The maximum Gasteiger partial charge on any atom is 0.0223 e. The molecule has 2 rings (SSSR count). The second-order valence-electron chi connectivity index (χ2n) is 5.34. The van der Waals surface area contributed by atoms with Gasteiger partial charge >= 0.3 is 0 Å². The van der Waals surface area contributed by atoms with Crippen LogP contribution in [0.5, 0.6) is 0 Å². The summed E-state index contributed by atoms with van der Waals surface area (Å²) < 4.78 is 2.26. The van der Waals surface area contributed by atoms with Crippen LogP contribution in [0.2, 0.25) is 0 Å². The predicted octanol–water partition coefficient (Wildman–Crippen LogP) is 1.83. The Hall–Kier alpha value is -0.800. The first kappa shape index (κ1) is 12.7. The van der Waals surface area contributed by atoms with E-state index in [1.54, 1.807) is 0 Å². The van der Waals surface area contributed by atoms with E-state index in [-0.39, 0.29) is 0 Å². The van der Waals surface area contributed by atoms with Crippen LogP contribution in [0.1, 0.15) is 29.8 Å². The summed E-state index contributed by atoms with van der Waals surface area (Å²) >= 11 is 0. The topological polar surface area (TPSA) is 20.2 Å². The molecule has 0 saturated heterocycles. The van der Waals surface area contributed by atoms with Gasteiger partial charge in [0.15, 0.2) is 0 Å². The lowest BCUT2D eigenvalue weighted by Crippen LogP contribution is -2.30. The highest BCUT2D eigenvalue weighted by atomic mass is 15.2. The van der Waals surface area contributed by atoms with Crippen molar-refractivity contribution in [2.24, 2.45) is 7.05 Å². The zero-order valence-corrected chi connectivity index (χ0v) is 11.6. The van der Waals surface area contributed by atoms with E-state index < -0.39 is 0 Å². The third-order valence-electron chi connectivity index (χ3n) is 4.01. The van der Waals surface area contributed by atoms with Crippen LogP contribution in [0.3, 0.4) is 0 Å². The largest absolute Gasteiger partial charge is 0.352 e. The van der Waals surface area contributed by atoms with Crippen molar-refractivity contribution in [3.05, 3.63) is 23.0 Å². The molecule has 0 bridgehead atoms. The molecule has 96 valence electrons. The number of hydrogen-bond donors (Lipinski definition) is 1. The number of aryl methyl sites for hydroxylation is 1. The minimum absolute atomic E-state index is 0.873. The lowest BCUT2D eigenvalue weighted by molar-refractivity contribution is 0.321. The Labute approximate surface area is 105 Å². The maximum absolute atomic E-state index is 3.54. The molecule has 0 aromatic carbocycles. The normalized spacial score (nSPS) is 15.8. The monoisotopic (exact) mass is 235 g/mol. The van der Waals surface area contributed by atoms with Crippen LogP contribution in [0.15, 0.2) is 6.07 Å². The van der Waals surface area contributed by atoms with Crippen LogP contribution in [0.4, 0.5) is 0 Å². The van der Waals surface area contributed by atoms with E-state index >= 15 is 0 Å². The average molecular weight is 235 g/mol. The number of nitrogens with one attached hydrogen (secondary N) is 1. The Morgan fingerprint density at radius 3 is 2.65 bits per heavy atom. The van der Waals surface area contributed by atoms with E-state index in [9.17, 15) is 0 Å². The second-order valence-corrected chi connectivity index (χ2v) is 5.34. The minimum Gasteiger partial charge on any atom is -0.352 e. The molecule has 3 nitrogen and oxygen atoms in total. The van der Waals surface area contributed by atoms with Crippen molar-refractivity contribution in [2.75, 3.05) is 20.1 Å². The van der Waals surface area contributed by atoms with E-state index in [2.05, 4.69) is 48.8 Å². The van der Waals surface area contributed by atoms with Crippen molar-refractivity contribution in [1.82, 2.24) is 14.8 Å². The van der Waals surface area contributed by atoms with Gasteiger partial charge in [-0.05, 0) is 45.4 Å². The van der Waals surface area contributed by atoms with Crippen molar-refractivity contribution in [1.29, 1.82) is 0 Å². The highest BCUT2D eigenvalue weighted by molar-refractivity contribution is 5.26. The summed E-state index contributed by atoms with van der Waals surface area (Å²) in [7, 11) is 4.37. The molecule has 1 heterocycles. The fraction of sp³-hybridized carbons (Fsp3) is 0.714. The Morgan fingerprint density at radius 2 is 2.12 bits per heavy atom. The first-order valence-electron chi connectivity index (χ1n) is 6.62. The van der Waals surface area contributed by atoms with Gasteiger partial charge in [0, 0.05) is 44.1 Å². The second kappa shape index (κ2) is 5.23. The van der Waals surface area contributed by atoms with Crippen LogP contribution < -0.4 is 5.32 Å². The fourth-order valence-corrected chi connectivity index (χ4v) is 2.29. The molecule has 0 atom stereocenters. The Kier molecular flexibility index (Phi) is 3.89. The lowest BCUT2D eigenvalue weighted by Gasteiger charge is -2.15. The number of rotatable bonds is 6. The van der Waals surface area contributed by atoms with Crippen molar-refractivity contribution < 1.29 is 0 Å². The molecule has 1 saturated carbocycles. The van der Waals surface area contributed by atoms with Gasteiger partial charge in [0.25, 0.3) is 0 Å². The van der Waals surface area contributed by atoms with Gasteiger partial charge in [-0.1, -0.05) is 0 Å². The van der Waals surface area contributed by atoms with Crippen LogP contribution in [-0.4, -0.2) is 35.6 Å². The Balaban J connectivity index is 1.72. The van der Waals surface area contributed by atoms with Gasteiger partial charge in [0.05, 0.1) is 0 Å². The summed E-state index contributed by atoms with van der Waals surface area (Å²) in [6.07, 6.45) is 2.79. The number of hydrogen-bond acceptors (Lipinski definition) is 2. The van der Waals surface area contributed by atoms with Crippen molar-refractivity contribution in [3.8, 4) is 0 Å². The van der Waals surface area contributed by atoms with Crippen LogP contribution in [0.25, 0.3) is 0 Å². The zero-order valence-electron chi connectivity index (χ0n) is 11.6. The molecule has 0 spiro atoms. The molecular formula is C14H25N3. The molecule has 0 unspecified atom stereocenters. The van der Waals surface area contributed by atoms with Crippen molar-refractivity contribution in [3.63, 3.8) is 0 Å². The number of nitrogens with zero attached hydrogens (tertiary/aromatic N) is 2. The highest BCUT2D eigenvalue weighted by Crippen LogP contribution is 2.24. The summed E-state index contributed by atoms with van der Waals surface area (Å²) in [6, 6.07) is 3.16. The fourth-order valence-electron chi connectivity index (χ4n) is 2.29. The summed E-state index contributed by atoms with van der Waals surface area (Å²) in [4.78, 5) is 2.47. The molecule has 1 aromatic rings. The maximum atomic E-state index is 3.54. The molecule has 3 heteroatoms. The lowest BCUT2D eigenvalue weighted by atomic mass is 10.2. The van der Waals surface area contributed by atoms with Gasteiger partial charge in [0.1, 0.15) is 0 Å². The Morgan fingerprint density at radius 1 is 1.41 bits per heavy atom. The first-order chi connectivity index (χ1) is 8.09. The highest BCUT2D eigenvalue weighted by Gasteiger charge is 2.25. The molecule has 1 fully saturated rings. The third kappa shape index (κ3) is 3.11. The summed E-state index contributed by atoms with van der Waals surface area (Å²) in [6.45, 7) is 7.60. The molecular weight excluding hydrogens is 210 g/mol.